The second kappa shape index (κ2) is 14.5. The van der Waals surface area contributed by atoms with Crippen LogP contribution >= 0.6 is 23.1 Å². The normalized spacial score (nSPS) is 14.1. The van der Waals surface area contributed by atoms with Crippen molar-refractivity contribution < 1.29 is 23.8 Å². The number of hydrogen-bond acceptors (Lipinski definition) is 10. The molecule has 47 heavy (non-hydrogen) atoms. The van der Waals surface area contributed by atoms with Crippen LogP contribution < -0.4 is 19.5 Å². The molecule has 5 aromatic rings. The number of amides is 2. The molecule has 11 nitrogen and oxygen atoms in total. The molecule has 0 saturated carbocycles. The fourth-order valence-corrected chi connectivity index (χ4v) is 6.80. The second-order valence-electron chi connectivity index (χ2n) is 10.3. The lowest BCUT2D eigenvalue weighted by Crippen LogP contribution is -2.28. The minimum Gasteiger partial charge on any atom is -0.497 e. The molecular formula is C34H32N6O5S2. The van der Waals surface area contributed by atoms with Crippen molar-refractivity contribution in [1.29, 1.82) is 0 Å². The number of hydrogen-bond donors (Lipinski definition) is 1. The van der Waals surface area contributed by atoms with Gasteiger partial charge in [-0.05, 0) is 53.4 Å². The van der Waals surface area contributed by atoms with Crippen LogP contribution in [0.3, 0.4) is 0 Å². The predicted octanol–water partition coefficient (Wildman–Crippen LogP) is 5.75. The summed E-state index contributed by atoms with van der Waals surface area (Å²) in [5.74, 6) is 1.80. The van der Waals surface area contributed by atoms with Gasteiger partial charge in [-0.2, -0.15) is 5.10 Å². The van der Waals surface area contributed by atoms with Crippen molar-refractivity contribution in [2.75, 3.05) is 27.1 Å². The fourth-order valence-electron chi connectivity index (χ4n) is 5.26. The maximum absolute atomic E-state index is 13.9. The molecule has 3 aromatic carbocycles. The third-order valence-electron chi connectivity index (χ3n) is 7.58. The Bertz CT molecular complexity index is 1890. The Labute approximate surface area is 280 Å². The topological polar surface area (TPSA) is 120 Å². The largest absolute Gasteiger partial charge is 0.497 e. The van der Waals surface area contributed by atoms with E-state index in [1.54, 1.807) is 59.4 Å². The number of thioether (sulfide) groups is 1. The molecule has 1 aliphatic heterocycles. The number of nitrogens with one attached hydrogen (secondary N) is 1. The number of nitrogens with zero attached hydrogens (tertiary/aromatic N) is 5. The first-order chi connectivity index (χ1) is 23.0. The highest BCUT2D eigenvalue weighted by atomic mass is 32.2. The van der Waals surface area contributed by atoms with Crippen LogP contribution in [0.5, 0.6) is 17.2 Å². The third-order valence-corrected chi connectivity index (χ3v) is 9.41. The van der Waals surface area contributed by atoms with E-state index >= 15 is 0 Å². The predicted molar refractivity (Wildman–Crippen MR) is 181 cm³/mol. The Morgan fingerprint density at radius 3 is 2.36 bits per heavy atom. The molecule has 0 spiro atoms. The number of rotatable bonds is 12. The van der Waals surface area contributed by atoms with E-state index in [0.29, 0.717) is 40.2 Å². The zero-order valence-electron chi connectivity index (χ0n) is 26.0. The molecular weight excluding hydrogens is 637 g/mol. The smallest absolute Gasteiger partial charge is 0.255 e. The number of carbonyl (C=O) groups is 2. The minimum absolute atomic E-state index is 0.0503. The van der Waals surface area contributed by atoms with Crippen LogP contribution in [0.4, 0.5) is 0 Å². The highest BCUT2D eigenvalue weighted by Gasteiger charge is 2.34. The number of aromatic nitrogens is 3. The van der Waals surface area contributed by atoms with Gasteiger partial charge in [0.25, 0.3) is 11.8 Å². The van der Waals surface area contributed by atoms with Gasteiger partial charge < -0.3 is 19.5 Å². The first kappa shape index (κ1) is 31.8. The Hall–Kier alpha value is -5.14. The van der Waals surface area contributed by atoms with Crippen molar-refractivity contribution in [1.82, 2.24) is 25.1 Å². The van der Waals surface area contributed by atoms with Gasteiger partial charge in [0.15, 0.2) is 11.0 Å². The summed E-state index contributed by atoms with van der Waals surface area (Å²) in [5.41, 5.74) is 2.90. The number of ether oxygens (including phenoxy) is 3. The number of benzene rings is 3. The first-order valence-corrected chi connectivity index (χ1v) is 16.6. The molecule has 0 radical (unpaired) electrons. The summed E-state index contributed by atoms with van der Waals surface area (Å²) < 4.78 is 18.1. The monoisotopic (exact) mass is 668 g/mol. The standard InChI is InChI=1S/C34H32N6O5S2/c1-43-23-16-14-22(15-17-23)27-19-25(30-13-8-18-46-30)38-40(27)32(41)21-47-34-37-36-31(39(34)26-10-5-7-12-29(26)45-3)20-35-33(42)24-9-4-6-11-28(24)44-2/h4-18,27H,19-21H2,1-3H3,(H,35,42)/t27-/m0/s1. The van der Waals surface area contributed by atoms with Crippen LogP contribution in [0.1, 0.15) is 39.1 Å². The zero-order chi connectivity index (χ0) is 32.8. The van der Waals surface area contributed by atoms with Gasteiger partial charge in [-0.15, -0.1) is 21.5 Å². The van der Waals surface area contributed by atoms with Gasteiger partial charge in [0.1, 0.15) is 17.2 Å². The zero-order valence-corrected chi connectivity index (χ0v) is 27.6. The molecule has 0 aliphatic carbocycles. The van der Waals surface area contributed by atoms with Crippen LogP contribution in [0, 0.1) is 0 Å². The van der Waals surface area contributed by atoms with E-state index < -0.39 is 0 Å². The third kappa shape index (κ3) is 6.86. The Morgan fingerprint density at radius 1 is 0.894 bits per heavy atom. The molecule has 1 atom stereocenters. The van der Waals surface area contributed by atoms with E-state index in [2.05, 4.69) is 15.5 Å². The van der Waals surface area contributed by atoms with Crippen LogP contribution in [0.15, 0.2) is 101 Å². The van der Waals surface area contributed by atoms with Crippen molar-refractivity contribution in [3.05, 3.63) is 112 Å². The molecule has 240 valence electrons. The molecule has 13 heteroatoms. The lowest BCUT2D eigenvalue weighted by atomic mass is 10.0. The summed E-state index contributed by atoms with van der Waals surface area (Å²) in [6.07, 6.45) is 0.594. The van der Waals surface area contributed by atoms with E-state index in [9.17, 15) is 9.59 Å². The number of hydrazone groups is 1. The van der Waals surface area contributed by atoms with Crippen LogP contribution in [0.25, 0.3) is 5.69 Å². The number of methoxy groups -OCH3 is 3. The van der Waals surface area contributed by atoms with Gasteiger partial charge in [0.05, 0.1) is 61.5 Å². The molecule has 3 heterocycles. The molecule has 6 rings (SSSR count). The Balaban J connectivity index is 1.26. The van der Waals surface area contributed by atoms with Gasteiger partial charge in [0.2, 0.25) is 0 Å². The number of carbonyl (C=O) groups excluding carboxylic acids is 2. The highest BCUT2D eigenvalue weighted by molar-refractivity contribution is 7.99. The van der Waals surface area contributed by atoms with Crippen molar-refractivity contribution >= 4 is 40.6 Å². The van der Waals surface area contributed by atoms with Gasteiger partial charge in [-0.25, -0.2) is 5.01 Å². The molecule has 0 bridgehead atoms. The fraction of sp³-hybridized carbons (Fsp3) is 0.206. The molecule has 2 amide bonds. The average Bonchev–Trinajstić information content (AvgIpc) is 3.90. The molecule has 1 N–H and O–H groups in total. The molecule has 0 unspecified atom stereocenters. The maximum Gasteiger partial charge on any atom is 0.255 e. The minimum atomic E-state index is -0.320. The summed E-state index contributed by atoms with van der Waals surface area (Å²) in [5, 5.41) is 20.6. The second-order valence-corrected chi connectivity index (χ2v) is 12.2. The van der Waals surface area contributed by atoms with Crippen molar-refractivity contribution in [2.24, 2.45) is 5.10 Å². The number of thiophene rings is 1. The van der Waals surface area contributed by atoms with Crippen molar-refractivity contribution in [3.8, 4) is 22.9 Å². The van der Waals surface area contributed by atoms with Gasteiger partial charge in [-0.3, -0.25) is 14.2 Å². The van der Waals surface area contributed by atoms with Gasteiger partial charge in [0, 0.05) is 6.42 Å². The first-order valence-electron chi connectivity index (χ1n) is 14.7. The van der Waals surface area contributed by atoms with Gasteiger partial charge in [-0.1, -0.05) is 54.2 Å². The summed E-state index contributed by atoms with van der Waals surface area (Å²) in [6.45, 7) is 0.0660. The average molecular weight is 669 g/mol. The summed E-state index contributed by atoms with van der Waals surface area (Å²) in [4.78, 5) is 28.0. The van der Waals surface area contributed by atoms with Crippen LogP contribution in [-0.4, -0.2) is 64.4 Å². The van der Waals surface area contributed by atoms with E-state index in [4.69, 9.17) is 19.3 Å². The van der Waals surface area contributed by atoms with E-state index in [1.165, 1.54) is 18.9 Å². The highest BCUT2D eigenvalue weighted by Crippen LogP contribution is 2.36. The molecule has 0 fully saturated rings. The summed E-state index contributed by atoms with van der Waals surface area (Å²) in [7, 11) is 4.72. The molecule has 0 saturated heterocycles. The lowest BCUT2D eigenvalue weighted by Gasteiger charge is -2.22. The lowest BCUT2D eigenvalue weighted by molar-refractivity contribution is -0.130. The Morgan fingerprint density at radius 2 is 1.64 bits per heavy atom. The van der Waals surface area contributed by atoms with Crippen LogP contribution in [0.2, 0.25) is 0 Å². The van der Waals surface area contributed by atoms with Crippen molar-refractivity contribution in [2.45, 2.75) is 24.2 Å². The van der Waals surface area contributed by atoms with E-state index in [-0.39, 0.29) is 30.2 Å². The quantitative estimate of drug-likeness (QED) is 0.167. The maximum atomic E-state index is 13.9. The summed E-state index contributed by atoms with van der Waals surface area (Å²) >= 11 is 2.83. The summed E-state index contributed by atoms with van der Waals surface area (Å²) in [6, 6.07) is 25.9. The van der Waals surface area contributed by atoms with Crippen LogP contribution in [-0.2, 0) is 11.3 Å². The SMILES string of the molecule is COc1ccc([C@@H]2CC(c3cccs3)=NN2C(=O)CSc2nnc(CNC(=O)c3ccccc3OC)n2-c2ccccc2OC)cc1. The Kier molecular flexibility index (Phi) is 9.83. The van der Waals surface area contributed by atoms with Crippen molar-refractivity contribution in [3.63, 3.8) is 0 Å². The van der Waals surface area contributed by atoms with E-state index in [0.717, 1.165) is 21.9 Å². The van der Waals surface area contributed by atoms with E-state index in [1.807, 2.05) is 66.0 Å². The molecule has 1 aliphatic rings. The molecule has 2 aromatic heterocycles. The van der Waals surface area contributed by atoms with Gasteiger partial charge >= 0.3 is 0 Å². The number of para-hydroxylation sites is 3.